The number of hydrazine groups is 1. The zero-order chi connectivity index (χ0) is 44.2. The molecule has 5 amide bonds. The molecule has 1 atom stereocenters. The number of aromatic nitrogens is 2. The molecule has 4 aromatic rings. The van der Waals surface area contributed by atoms with Gasteiger partial charge in [-0.2, -0.15) is 4.57 Å². The summed E-state index contributed by atoms with van der Waals surface area (Å²) in [5, 5.41) is 8.46. The van der Waals surface area contributed by atoms with Crippen LogP contribution in [0.1, 0.15) is 74.4 Å². The Kier molecular flexibility index (Phi) is 15.2. The molecule has 1 unspecified atom stereocenters. The fourth-order valence-corrected chi connectivity index (χ4v) is 8.67. The summed E-state index contributed by atoms with van der Waals surface area (Å²) in [4.78, 5) is 74.0. The minimum atomic E-state index is -4.19. The van der Waals surface area contributed by atoms with Crippen LogP contribution in [0.25, 0.3) is 0 Å². The number of benzene rings is 2. The van der Waals surface area contributed by atoms with Crippen LogP contribution in [0.2, 0.25) is 0 Å². The van der Waals surface area contributed by atoms with Crippen LogP contribution in [0.4, 0.5) is 17.1 Å². The first-order chi connectivity index (χ1) is 29.8. The fraction of sp³-hybridized carbons (Fsp3) is 0.372. The molecule has 0 bridgehead atoms. The summed E-state index contributed by atoms with van der Waals surface area (Å²) in [7, 11) is -2.55. The fourth-order valence-electron chi connectivity index (χ4n) is 7.37. The molecule has 6 rings (SSSR count). The molecule has 2 aliphatic heterocycles. The zero-order valence-electron chi connectivity index (χ0n) is 35.0. The van der Waals surface area contributed by atoms with E-state index in [0.717, 1.165) is 38.9 Å². The maximum atomic E-state index is 14.3. The molecule has 0 spiro atoms. The lowest BCUT2D eigenvalue weighted by Gasteiger charge is -2.30. The Bertz CT molecular complexity index is 2380. The molecule has 2 saturated heterocycles. The van der Waals surface area contributed by atoms with Gasteiger partial charge in [-0.05, 0) is 106 Å². The van der Waals surface area contributed by atoms with Crippen molar-refractivity contribution in [2.45, 2.75) is 57.0 Å². The van der Waals surface area contributed by atoms with E-state index in [1.807, 2.05) is 0 Å². The van der Waals surface area contributed by atoms with Crippen molar-refractivity contribution in [3.8, 4) is 0 Å². The molecule has 328 valence electrons. The topological polar surface area (TPSA) is 224 Å². The third kappa shape index (κ3) is 11.5. The average molecular weight is 870 g/mol. The highest BCUT2D eigenvalue weighted by Gasteiger charge is 2.34. The number of anilines is 3. The van der Waals surface area contributed by atoms with Crippen LogP contribution in [0.3, 0.4) is 0 Å². The van der Waals surface area contributed by atoms with Gasteiger partial charge in [-0.15, -0.1) is 0 Å². The first-order valence-electron chi connectivity index (χ1n) is 20.5. The Labute approximate surface area is 360 Å². The number of likely N-dealkylation sites (tertiary alicyclic amines) is 1. The van der Waals surface area contributed by atoms with Gasteiger partial charge in [0.15, 0.2) is 6.20 Å². The van der Waals surface area contributed by atoms with Gasteiger partial charge >= 0.3 is 17.7 Å². The maximum Gasteiger partial charge on any atom is 0.327 e. The van der Waals surface area contributed by atoms with Crippen molar-refractivity contribution in [3.63, 3.8) is 0 Å². The maximum absolute atomic E-state index is 14.3. The molecule has 2 aliphatic rings. The van der Waals surface area contributed by atoms with Gasteiger partial charge in [0.2, 0.25) is 0 Å². The monoisotopic (exact) mass is 869 g/mol. The lowest BCUT2D eigenvalue weighted by Crippen LogP contribution is -2.51. The van der Waals surface area contributed by atoms with E-state index in [-0.39, 0.29) is 39.0 Å². The number of morpholine rings is 1. The second-order valence-electron chi connectivity index (χ2n) is 15.1. The molecule has 2 aromatic heterocycles. The van der Waals surface area contributed by atoms with E-state index < -0.39 is 39.8 Å². The first-order valence-corrected chi connectivity index (χ1v) is 22.0. The zero-order valence-corrected chi connectivity index (χ0v) is 35.8. The van der Waals surface area contributed by atoms with Crippen LogP contribution in [-0.4, -0.2) is 105 Å². The Morgan fingerprint density at radius 2 is 1.63 bits per heavy atom. The van der Waals surface area contributed by atoms with Gasteiger partial charge in [0, 0.05) is 56.0 Å². The van der Waals surface area contributed by atoms with Crippen molar-refractivity contribution in [1.82, 2.24) is 30.8 Å². The molecule has 0 aliphatic carbocycles. The molecule has 19 heteroatoms. The Hall–Kier alpha value is -6.44. The van der Waals surface area contributed by atoms with E-state index in [2.05, 4.69) is 41.4 Å². The first kappa shape index (κ1) is 45.1. The van der Waals surface area contributed by atoms with Crippen LogP contribution >= 0.6 is 0 Å². The molecule has 62 heavy (non-hydrogen) atoms. The van der Waals surface area contributed by atoms with Crippen molar-refractivity contribution in [2.24, 2.45) is 7.05 Å². The number of nitrogens with zero attached hydrogens (tertiary/aromatic N) is 4. The molecule has 6 N–H and O–H groups in total. The minimum absolute atomic E-state index is 0.0502. The van der Waals surface area contributed by atoms with Crippen LogP contribution in [0.15, 0.2) is 84.1 Å². The number of nitrogens with one attached hydrogen (secondary N) is 6. The summed E-state index contributed by atoms with van der Waals surface area (Å²) in [6.07, 6.45) is 7.65. The average Bonchev–Trinajstić information content (AvgIpc) is 3.51. The van der Waals surface area contributed by atoms with E-state index in [9.17, 15) is 32.4 Å². The Morgan fingerprint density at radius 1 is 0.871 bits per heavy atom. The third-order valence-corrected chi connectivity index (χ3v) is 12.2. The molecule has 2 aromatic carbocycles. The molecular weight excluding hydrogens is 817 g/mol. The second-order valence-corrected chi connectivity index (χ2v) is 16.8. The molecule has 4 heterocycles. The van der Waals surface area contributed by atoms with Crippen molar-refractivity contribution in [3.05, 3.63) is 107 Å². The minimum Gasteiger partial charge on any atom is -0.379 e. The number of carbonyl (C=O) groups excluding carboxylic acids is 5. The van der Waals surface area contributed by atoms with E-state index in [1.54, 1.807) is 68.5 Å². The molecule has 0 radical (unpaired) electrons. The van der Waals surface area contributed by atoms with Crippen molar-refractivity contribution in [1.29, 1.82) is 0 Å². The predicted octanol–water partition coefficient (Wildman–Crippen LogP) is 2.63. The largest absolute Gasteiger partial charge is 0.379 e. The number of hydrogen-bond acceptors (Lipinski definition) is 11. The SMILES string of the molecule is Cc1ccc(S(=O)(=O)Nc2ccc(NNC(=O)C(=O)NCCCN3CCOCC3)cc2)c(C)c1NC(=O)c1c(C(=O)N2CCCCCC2NC(=O)c2cccnc2)ccc[n+]1C. The highest BCUT2D eigenvalue weighted by molar-refractivity contribution is 7.92. The van der Waals surface area contributed by atoms with Crippen LogP contribution in [0, 0.1) is 13.8 Å². The van der Waals surface area contributed by atoms with Gasteiger partial charge in [0.05, 0.1) is 29.4 Å². The number of pyridine rings is 2. The number of ether oxygens (including phenoxy) is 1. The Morgan fingerprint density at radius 3 is 2.37 bits per heavy atom. The predicted molar refractivity (Wildman–Crippen MR) is 230 cm³/mol. The van der Waals surface area contributed by atoms with Gasteiger partial charge in [-0.3, -0.25) is 49.4 Å². The van der Waals surface area contributed by atoms with Gasteiger partial charge in [0.25, 0.3) is 27.5 Å². The lowest BCUT2D eigenvalue weighted by atomic mass is 10.1. The molecule has 0 saturated carbocycles. The summed E-state index contributed by atoms with van der Waals surface area (Å²) < 4.78 is 37.0. The van der Waals surface area contributed by atoms with Gasteiger partial charge in [-0.1, -0.05) is 12.5 Å². The summed E-state index contributed by atoms with van der Waals surface area (Å²) in [6, 6.07) is 15.6. The molecule has 2 fully saturated rings. The summed E-state index contributed by atoms with van der Waals surface area (Å²) in [6.45, 7) is 7.86. The lowest BCUT2D eigenvalue weighted by molar-refractivity contribution is -0.673. The van der Waals surface area contributed by atoms with Crippen molar-refractivity contribution in [2.75, 3.05) is 61.4 Å². The summed E-state index contributed by atoms with van der Waals surface area (Å²) in [5.74, 6) is -3.09. The van der Waals surface area contributed by atoms with E-state index >= 15 is 0 Å². The van der Waals surface area contributed by atoms with Crippen molar-refractivity contribution >= 4 is 56.6 Å². The van der Waals surface area contributed by atoms with Crippen LogP contribution < -0.4 is 36.1 Å². The number of amides is 5. The number of carbonyl (C=O) groups is 5. The standard InChI is InChI=1S/C43H52N10O8S/c1-29-13-18-35(62(59,60)50-33-16-14-32(15-17-33)48-49-42(57)41(56)45-20-9-22-52-24-26-61-27-25-52)30(2)37(29)47-40(55)38-34(11-8-21-51(38)3)43(58)53-23-6-4-5-12-36(53)46-39(54)31-10-7-19-44-28-31/h7-8,10-11,13-19,21,28,36,47H,4-6,9,12,20,22-27H2,1-3H3,(H4,45,46,49,50,54,55,56,57)/p+1. The molecular formula is C43H53N10O8S+. The highest BCUT2D eigenvalue weighted by atomic mass is 32.2. The number of aryl methyl sites for hydroxylation is 2. The van der Waals surface area contributed by atoms with Crippen LogP contribution in [0.5, 0.6) is 0 Å². The van der Waals surface area contributed by atoms with Gasteiger partial charge < -0.3 is 25.6 Å². The van der Waals surface area contributed by atoms with E-state index in [1.165, 1.54) is 41.1 Å². The number of rotatable bonds is 14. The van der Waals surface area contributed by atoms with Crippen molar-refractivity contribution < 1.29 is 41.7 Å². The Balaban J connectivity index is 1.09. The number of hydrogen-bond donors (Lipinski definition) is 6. The van der Waals surface area contributed by atoms with Crippen LogP contribution in [-0.2, 0) is 31.4 Å². The highest BCUT2D eigenvalue weighted by Crippen LogP contribution is 2.29. The summed E-state index contributed by atoms with van der Waals surface area (Å²) >= 11 is 0. The van der Waals surface area contributed by atoms with E-state index in [4.69, 9.17) is 4.74 Å². The summed E-state index contributed by atoms with van der Waals surface area (Å²) in [5.41, 5.74) is 7.24. The van der Waals surface area contributed by atoms with Gasteiger partial charge in [-0.25, -0.2) is 8.42 Å². The normalized spacial score (nSPS) is 15.7. The molecule has 18 nitrogen and oxygen atoms in total. The smallest absolute Gasteiger partial charge is 0.327 e. The second kappa shape index (κ2) is 20.9. The van der Waals surface area contributed by atoms with E-state index in [0.29, 0.717) is 56.0 Å². The third-order valence-electron chi connectivity index (χ3n) is 10.7. The quantitative estimate of drug-likeness (QED) is 0.0468. The van der Waals surface area contributed by atoms with Gasteiger partial charge in [0.1, 0.15) is 18.8 Å². The number of sulfonamides is 1.